The first-order valence-electron chi connectivity index (χ1n) is 5.08. The predicted molar refractivity (Wildman–Crippen MR) is 51.4 cm³/mol. The lowest BCUT2D eigenvalue weighted by molar-refractivity contribution is -0.140. The Hall–Kier alpha value is -1.10. The number of rotatable bonds is 1. The molecular formula is C11H11F4N. The number of benzene rings is 1. The maximum absolute atomic E-state index is 13.0. The van der Waals surface area contributed by atoms with Crippen molar-refractivity contribution in [3.63, 3.8) is 0 Å². The molecule has 2 rings (SSSR count). The van der Waals surface area contributed by atoms with Crippen LogP contribution in [0.1, 0.15) is 30.0 Å². The smallest absolute Gasteiger partial charge is 0.310 e. The minimum absolute atomic E-state index is 0.0818. The molecule has 1 aromatic rings. The highest BCUT2D eigenvalue weighted by molar-refractivity contribution is 5.29. The van der Waals surface area contributed by atoms with Crippen molar-refractivity contribution in [3.8, 4) is 0 Å². The minimum atomic E-state index is -4.63. The van der Waals surface area contributed by atoms with Crippen LogP contribution in [0.5, 0.6) is 0 Å². The lowest BCUT2D eigenvalue weighted by atomic mass is 10.0. The van der Waals surface area contributed by atoms with Crippen LogP contribution in [0.25, 0.3) is 0 Å². The Morgan fingerprint density at radius 3 is 2.56 bits per heavy atom. The second kappa shape index (κ2) is 4.05. The standard InChI is InChI=1S/C11H11F4N/c12-9-4-3-7(10-2-1-5-16-10)6-8(9)11(13,14)15/h3-4,6,10,16H,1-2,5H2/t10-/m0/s1. The zero-order chi connectivity index (χ0) is 11.8. The maximum Gasteiger partial charge on any atom is 0.419 e. The van der Waals surface area contributed by atoms with E-state index in [1.54, 1.807) is 0 Å². The molecule has 1 N–H and O–H groups in total. The van der Waals surface area contributed by atoms with Gasteiger partial charge in [-0.15, -0.1) is 0 Å². The van der Waals surface area contributed by atoms with Crippen LogP contribution in [0.3, 0.4) is 0 Å². The zero-order valence-corrected chi connectivity index (χ0v) is 8.44. The molecule has 1 aromatic carbocycles. The van der Waals surface area contributed by atoms with Gasteiger partial charge in [-0.1, -0.05) is 6.07 Å². The summed E-state index contributed by atoms with van der Waals surface area (Å²) in [5.41, 5.74) is -0.676. The van der Waals surface area contributed by atoms with E-state index >= 15 is 0 Å². The van der Waals surface area contributed by atoms with Crippen molar-refractivity contribution in [1.82, 2.24) is 5.32 Å². The van der Waals surface area contributed by atoms with Crippen LogP contribution in [-0.4, -0.2) is 6.54 Å². The van der Waals surface area contributed by atoms with Gasteiger partial charge in [0.15, 0.2) is 0 Å². The first-order chi connectivity index (χ1) is 7.48. The second-order valence-corrected chi connectivity index (χ2v) is 3.89. The van der Waals surface area contributed by atoms with Crippen molar-refractivity contribution >= 4 is 0 Å². The fourth-order valence-electron chi connectivity index (χ4n) is 1.95. The molecule has 1 saturated heterocycles. The van der Waals surface area contributed by atoms with Gasteiger partial charge >= 0.3 is 6.18 Å². The Labute approximate surface area is 90.5 Å². The van der Waals surface area contributed by atoms with Gasteiger partial charge in [-0.3, -0.25) is 0 Å². The van der Waals surface area contributed by atoms with E-state index in [4.69, 9.17) is 0 Å². The second-order valence-electron chi connectivity index (χ2n) is 3.89. The molecule has 1 nitrogen and oxygen atoms in total. The first kappa shape index (κ1) is 11.4. The summed E-state index contributed by atoms with van der Waals surface area (Å²) >= 11 is 0. The quantitative estimate of drug-likeness (QED) is 0.734. The molecule has 0 spiro atoms. The minimum Gasteiger partial charge on any atom is -0.310 e. The maximum atomic E-state index is 13.0. The highest BCUT2D eigenvalue weighted by atomic mass is 19.4. The Balaban J connectivity index is 2.35. The van der Waals surface area contributed by atoms with E-state index in [0.717, 1.165) is 31.5 Å². The van der Waals surface area contributed by atoms with Crippen LogP contribution < -0.4 is 5.32 Å². The molecule has 0 aliphatic carbocycles. The Bertz CT molecular complexity index is 380. The van der Waals surface area contributed by atoms with Crippen LogP contribution in [0, 0.1) is 5.82 Å². The number of hydrogen-bond donors (Lipinski definition) is 1. The molecule has 0 bridgehead atoms. The van der Waals surface area contributed by atoms with Crippen molar-refractivity contribution in [1.29, 1.82) is 0 Å². The van der Waals surface area contributed by atoms with E-state index in [1.165, 1.54) is 6.07 Å². The van der Waals surface area contributed by atoms with Crippen molar-refractivity contribution in [2.75, 3.05) is 6.54 Å². The van der Waals surface area contributed by atoms with Crippen LogP contribution in [0.15, 0.2) is 18.2 Å². The summed E-state index contributed by atoms with van der Waals surface area (Å²) in [6, 6.07) is 3.12. The summed E-state index contributed by atoms with van der Waals surface area (Å²) in [5.74, 6) is -1.21. The summed E-state index contributed by atoms with van der Waals surface area (Å²) in [5, 5.41) is 3.08. The van der Waals surface area contributed by atoms with E-state index in [0.29, 0.717) is 5.56 Å². The predicted octanol–water partition coefficient (Wildman–Crippen LogP) is 3.27. The third kappa shape index (κ3) is 2.19. The van der Waals surface area contributed by atoms with E-state index in [2.05, 4.69) is 5.32 Å². The van der Waals surface area contributed by atoms with E-state index < -0.39 is 17.6 Å². The molecule has 1 fully saturated rings. The van der Waals surface area contributed by atoms with Gasteiger partial charge in [-0.2, -0.15) is 13.2 Å². The van der Waals surface area contributed by atoms with Crippen LogP contribution >= 0.6 is 0 Å². The third-order valence-electron chi connectivity index (χ3n) is 2.76. The molecular weight excluding hydrogens is 222 g/mol. The molecule has 1 heterocycles. The average molecular weight is 233 g/mol. The van der Waals surface area contributed by atoms with Gasteiger partial charge in [0, 0.05) is 6.04 Å². The van der Waals surface area contributed by atoms with Crippen LogP contribution in [0.2, 0.25) is 0 Å². The number of alkyl halides is 3. The van der Waals surface area contributed by atoms with Crippen molar-refractivity contribution in [2.45, 2.75) is 25.1 Å². The number of nitrogens with one attached hydrogen (secondary N) is 1. The topological polar surface area (TPSA) is 12.0 Å². The third-order valence-corrected chi connectivity index (χ3v) is 2.76. The highest BCUT2D eigenvalue weighted by Crippen LogP contribution is 2.34. The van der Waals surface area contributed by atoms with Gasteiger partial charge in [-0.25, -0.2) is 4.39 Å². The van der Waals surface area contributed by atoms with Gasteiger partial charge < -0.3 is 5.32 Å². The molecule has 88 valence electrons. The molecule has 0 amide bonds. The van der Waals surface area contributed by atoms with Gasteiger partial charge in [0.25, 0.3) is 0 Å². The number of halogens is 4. The fraction of sp³-hybridized carbons (Fsp3) is 0.455. The average Bonchev–Trinajstić information content (AvgIpc) is 2.69. The van der Waals surface area contributed by atoms with Gasteiger partial charge in [0.05, 0.1) is 5.56 Å². The molecule has 1 aliphatic rings. The summed E-state index contributed by atoms with van der Waals surface area (Å²) < 4.78 is 50.4. The fourth-order valence-corrected chi connectivity index (χ4v) is 1.95. The zero-order valence-electron chi connectivity index (χ0n) is 8.44. The summed E-state index contributed by atoms with van der Waals surface area (Å²) in [4.78, 5) is 0. The normalized spacial score (nSPS) is 21.4. The Morgan fingerprint density at radius 1 is 1.25 bits per heavy atom. The van der Waals surface area contributed by atoms with E-state index in [1.807, 2.05) is 0 Å². The van der Waals surface area contributed by atoms with Crippen LogP contribution in [-0.2, 0) is 6.18 Å². The van der Waals surface area contributed by atoms with Crippen molar-refractivity contribution in [2.24, 2.45) is 0 Å². The van der Waals surface area contributed by atoms with Crippen molar-refractivity contribution in [3.05, 3.63) is 35.1 Å². The van der Waals surface area contributed by atoms with Crippen LogP contribution in [0.4, 0.5) is 17.6 Å². The lowest BCUT2D eigenvalue weighted by Crippen LogP contribution is -2.15. The molecule has 5 heteroatoms. The Morgan fingerprint density at radius 2 is 2.00 bits per heavy atom. The first-order valence-corrected chi connectivity index (χ1v) is 5.08. The molecule has 0 aromatic heterocycles. The van der Waals surface area contributed by atoms with Crippen molar-refractivity contribution < 1.29 is 17.6 Å². The van der Waals surface area contributed by atoms with Gasteiger partial charge in [0.1, 0.15) is 5.82 Å². The SMILES string of the molecule is Fc1ccc([C@@H]2CCCN2)cc1C(F)(F)F. The van der Waals surface area contributed by atoms with Gasteiger partial charge in [-0.05, 0) is 37.1 Å². The summed E-state index contributed by atoms with van der Waals surface area (Å²) in [7, 11) is 0. The molecule has 0 saturated carbocycles. The van der Waals surface area contributed by atoms with E-state index in [9.17, 15) is 17.6 Å². The Kier molecular flexibility index (Phi) is 2.88. The summed E-state index contributed by atoms with van der Waals surface area (Å²) in [6.45, 7) is 0.795. The molecule has 0 unspecified atom stereocenters. The molecule has 0 radical (unpaired) electrons. The molecule has 16 heavy (non-hydrogen) atoms. The lowest BCUT2D eigenvalue weighted by Gasteiger charge is -2.14. The van der Waals surface area contributed by atoms with Gasteiger partial charge in [0.2, 0.25) is 0 Å². The largest absolute Gasteiger partial charge is 0.419 e. The molecule has 1 atom stereocenters. The number of hydrogen-bond acceptors (Lipinski definition) is 1. The molecule has 1 aliphatic heterocycles. The monoisotopic (exact) mass is 233 g/mol. The highest BCUT2D eigenvalue weighted by Gasteiger charge is 2.34. The summed E-state index contributed by atoms with van der Waals surface area (Å²) in [6.07, 6.45) is -2.90. The van der Waals surface area contributed by atoms with E-state index in [-0.39, 0.29) is 6.04 Å².